The van der Waals surface area contributed by atoms with Crippen molar-refractivity contribution in [3.05, 3.63) is 60.7 Å². The number of hydrogen-bond donors (Lipinski definition) is 0. The van der Waals surface area contributed by atoms with E-state index >= 15 is 0 Å². The van der Waals surface area contributed by atoms with Gasteiger partial charge in [0.1, 0.15) is 11.5 Å². The maximum absolute atomic E-state index is 5.75. The van der Waals surface area contributed by atoms with Crippen LogP contribution >= 0.6 is 0 Å². The molecule has 26 heavy (non-hydrogen) atoms. The molecule has 0 spiro atoms. The summed E-state index contributed by atoms with van der Waals surface area (Å²) < 4.78 is 22.4. The van der Waals surface area contributed by atoms with Crippen LogP contribution < -0.4 is 18.9 Å². The van der Waals surface area contributed by atoms with Crippen LogP contribution in [0.15, 0.2) is 60.7 Å². The van der Waals surface area contributed by atoms with E-state index in [4.69, 9.17) is 18.9 Å². The van der Waals surface area contributed by atoms with Gasteiger partial charge in [-0.25, -0.2) is 0 Å². The third-order valence-corrected chi connectivity index (χ3v) is 4.29. The van der Waals surface area contributed by atoms with Gasteiger partial charge < -0.3 is 18.9 Å². The lowest BCUT2D eigenvalue weighted by Crippen LogP contribution is -1.99. The van der Waals surface area contributed by atoms with Crippen molar-refractivity contribution in [2.24, 2.45) is 0 Å². The maximum atomic E-state index is 5.75. The van der Waals surface area contributed by atoms with E-state index in [-0.39, 0.29) is 0 Å². The van der Waals surface area contributed by atoms with Gasteiger partial charge in [0.2, 0.25) is 0 Å². The van der Waals surface area contributed by atoms with Crippen molar-refractivity contribution in [1.82, 2.24) is 0 Å². The molecule has 0 aliphatic heterocycles. The van der Waals surface area contributed by atoms with Gasteiger partial charge >= 0.3 is 0 Å². The van der Waals surface area contributed by atoms with E-state index in [1.807, 2.05) is 60.7 Å². The zero-order chi connectivity index (χ0) is 18.5. The van der Waals surface area contributed by atoms with E-state index in [1.54, 1.807) is 28.4 Å². The molecule has 0 saturated heterocycles. The molecule has 3 aromatic carbocycles. The highest BCUT2D eigenvalue weighted by Crippen LogP contribution is 2.50. The van der Waals surface area contributed by atoms with Crippen molar-refractivity contribution in [2.75, 3.05) is 28.4 Å². The lowest BCUT2D eigenvalue weighted by molar-refractivity contribution is 0.352. The van der Waals surface area contributed by atoms with Crippen molar-refractivity contribution in [3.63, 3.8) is 0 Å². The third-order valence-electron chi connectivity index (χ3n) is 4.29. The second-order valence-corrected chi connectivity index (χ2v) is 5.66. The molecule has 3 rings (SSSR count). The molecular formula is C22H22O4. The van der Waals surface area contributed by atoms with E-state index in [9.17, 15) is 0 Å². The lowest BCUT2D eigenvalue weighted by Gasteiger charge is -2.20. The maximum Gasteiger partial charge on any atom is 0.172 e. The molecule has 0 saturated carbocycles. The molecule has 134 valence electrons. The first kappa shape index (κ1) is 17.7. The quantitative estimate of drug-likeness (QED) is 0.623. The average molecular weight is 350 g/mol. The standard InChI is InChI=1S/C22H22O4/c1-23-17-12-10-16(11-13-17)20-19(24-2)14-18(15-8-6-5-7-9-15)21(25-3)22(20)26-4/h5-14H,1-4H3. The van der Waals surface area contributed by atoms with Crippen LogP contribution in [0.4, 0.5) is 0 Å². The first-order chi connectivity index (χ1) is 12.7. The van der Waals surface area contributed by atoms with Gasteiger partial charge in [0.25, 0.3) is 0 Å². The molecule has 4 nitrogen and oxygen atoms in total. The van der Waals surface area contributed by atoms with Gasteiger partial charge in [-0.05, 0) is 29.3 Å². The predicted molar refractivity (Wildman–Crippen MR) is 104 cm³/mol. The summed E-state index contributed by atoms with van der Waals surface area (Å²) in [5.74, 6) is 2.81. The molecule has 0 fully saturated rings. The number of ether oxygens (including phenoxy) is 4. The lowest BCUT2D eigenvalue weighted by atomic mass is 9.96. The van der Waals surface area contributed by atoms with Crippen molar-refractivity contribution in [2.45, 2.75) is 0 Å². The number of rotatable bonds is 6. The summed E-state index contributed by atoms with van der Waals surface area (Å²) in [6.45, 7) is 0. The number of benzene rings is 3. The predicted octanol–water partition coefficient (Wildman–Crippen LogP) is 5.06. The van der Waals surface area contributed by atoms with Crippen molar-refractivity contribution < 1.29 is 18.9 Å². The van der Waals surface area contributed by atoms with Crippen LogP contribution in [-0.4, -0.2) is 28.4 Å². The smallest absolute Gasteiger partial charge is 0.172 e. The molecule has 0 bridgehead atoms. The molecule has 0 aliphatic rings. The Kier molecular flexibility index (Phi) is 5.32. The van der Waals surface area contributed by atoms with E-state index in [1.165, 1.54) is 0 Å². The Balaban J connectivity index is 2.27. The highest BCUT2D eigenvalue weighted by Gasteiger charge is 2.22. The van der Waals surface area contributed by atoms with Gasteiger partial charge in [0.05, 0.1) is 34.0 Å². The first-order valence-electron chi connectivity index (χ1n) is 8.26. The van der Waals surface area contributed by atoms with E-state index in [2.05, 4.69) is 0 Å². The van der Waals surface area contributed by atoms with Gasteiger partial charge in [-0.2, -0.15) is 0 Å². The van der Waals surface area contributed by atoms with E-state index < -0.39 is 0 Å². The summed E-state index contributed by atoms with van der Waals surface area (Å²) >= 11 is 0. The molecule has 0 aromatic heterocycles. The Morgan fingerprint density at radius 1 is 0.577 bits per heavy atom. The molecule has 3 aromatic rings. The van der Waals surface area contributed by atoms with Crippen molar-refractivity contribution in [1.29, 1.82) is 0 Å². The van der Waals surface area contributed by atoms with Crippen LogP contribution in [0.5, 0.6) is 23.0 Å². The Bertz CT molecular complexity index is 871. The van der Waals surface area contributed by atoms with Gasteiger partial charge in [-0.3, -0.25) is 0 Å². The summed E-state index contributed by atoms with van der Waals surface area (Å²) in [7, 11) is 6.59. The molecular weight excluding hydrogens is 328 g/mol. The molecule has 0 N–H and O–H groups in total. The van der Waals surface area contributed by atoms with Crippen LogP contribution in [0.2, 0.25) is 0 Å². The topological polar surface area (TPSA) is 36.9 Å². The largest absolute Gasteiger partial charge is 0.497 e. The Labute approximate surface area is 153 Å². The second kappa shape index (κ2) is 7.83. The van der Waals surface area contributed by atoms with Gasteiger partial charge in [-0.15, -0.1) is 0 Å². The molecule has 0 heterocycles. The van der Waals surface area contributed by atoms with Crippen LogP contribution in [0.3, 0.4) is 0 Å². The first-order valence-corrected chi connectivity index (χ1v) is 8.26. The molecule has 0 atom stereocenters. The minimum absolute atomic E-state index is 0.635. The number of hydrogen-bond acceptors (Lipinski definition) is 4. The molecule has 4 heteroatoms. The highest BCUT2D eigenvalue weighted by atomic mass is 16.5. The van der Waals surface area contributed by atoms with Crippen molar-refractivity contribution in [3.8, 4) is 45.3 Å². The molecule has 0 amide bonds. The minimum atomic E-state index is 0.635. The number of methoxy groups -OCH3 is 4. The third kappa shape index (κ3) is 3.18. The zero-order valence-corrected chi connectivity index (χ0v) is 15.4. The minimum Gasteiger partial charge on any atom is -0.497 e. The van der Waals surface area contributed by atoms with Crippen LogP contribution in [0.25, 0.3) is 22.3 Å². The SMILES string of the molecule is COc1ccc(-c2c(OC)cc(-c3ccccc3)c(OC)c2OC)cc1. The summed E-state index contributed by atoms with van der Waals surface area (Å²) in [5, 5.41) is 0. The highest BCUT2D eigenvalue weighted by molar-refractivity contribution is 5.87. The van der Waals surface area contributed by atoms with Crippen LogP contribution in [0, 0.1) is 0 Å². The van der Waals surface area contributed by atoms with Crippen molar-refractivity contribution >= 4 is 0 Å². The fourth-order valence-electron chi connectivity index (χ4n) is 3.04. The van der Waals surface area contributed by atoms with E-state index in [0.29, 0.717) is 17.2 Å². The average Bonchev–Trinajstić information content (AvgIpc) is 2.72. The summed E-state index contributed by atoms with van der Waals surface area (Å²) in [5.41, 5.74) is 3.74. The summed E-state index contributed by atoms with van der Waals surface area (Å²) in [6, 6.07) is 19.8. The normalized spacial score (nSPS) is 10.3. The Morgan fingerprint density at radius 2 is 1.23 bits per heavy atom. The fourth-order valence-corrected chi connectivity index (χ4v) is 3.04. The Morgan fingerprint density at radius 3 is 1.77 bits per heavy atom. The summed E-state index contributed by atoms with van der Waals surface area (Å²) in [6.07, 6.45) is 0. The Hall–Kier alpha value is -3.14. The summed E-state index contributed by atoms with van der Waals surface area (Å²) in [4.78, 5) is 0. The molecule has 0 unspecified atom stereocenters. The van der Waals surface area contributed by atoms with Crippen LogP contribution in [-0.2, 0) is 0 Å². The molecule has 0 aliphatic carbocycles. The second-order valence-electron chi connectivity index (χ2n) is 5.66. The monoisotopic (exact) mass is 350 g/mol. The molecule has 0 radical (unpaired) electrons. The van der Waals surface area contributed by atoms with E-state index in [0.717, 1.165) is 28.0 Å². The zero-order valence-electron chi connectivity index (χ0n) is 15.4. The fraction of sp³-hybridized carbons (Fsp3) is 0.182. The van der Waals surface area contributed by atoms with Gasteiger partial charge in [0, 0.05) is 5.56 Å². The van der Waals surface area contributed by atoms with Gasteiger partial charge in [-0.1, -0.05) is 42.5 Å². The van der Waals surface area contributed by atoms with Gasteiger partial charge in [0.15, 0.2) is 11.5 Å². The van der Waals surface area contributed by atoms with Crippen LogP contribution in [0.1, 0.15) is 0 Å².